The minimum Gasteiger partial charge on any atom is -0.468 e. The van der Waals surface area contributed by atoms with E-state index in [2.05, 4.69) is 6.07 Å². The molecule has 18 heavy (non-hydrogen) atoms. The molecule has 0 heterocycles. The van der Waals surface area contributed by atoms with Crippen LogP contribution in [0.25, 0.3) is 0 Å². The maximum Gasteiger partial charge on any atom is 0.325 e. The van der Waals surface area contributed by atoms with Crippen molar-refractivity contribution in [3.8, 4) is 6.07 Å². The Kier molecular flexibility index (Phi) is 4.73. The summed E-state index contributed by atoms with van der Waals surface area (Å²) in [5, 5.41) is 8.90. The van der Waals surface area contributed by atoms with Gasteiger partial charge in [-0.3, -0.25) is 4.79 Å². The summed E-state index contributed by atoms with van der Waals surface area (Å²) in [7, 11) is 1.38. The van der Waals surface area contributed by atoms with Gasteiger partial charge in [0.25, 0.3) is 0 Å². The molecule has 1 rings (SSSR count). The Bertz CT molecular complexity index is 475. The van der Waals surface area contributed by atoms with E-state index in [-0.39, 0.29) is 18.6 Å². The van der Waals surface area contributed by atoms with Crippen molar-refractivity contribution in [2.24, 2.45) is 0 Å². The van der Waals surface area contributed by atoms with Gasteiger partial charge in [0.1, 0.15) is 6.54 Å². The first kappa shape index (κ1) is 14.0. The summed E-state index contributed by atoms with van der Waals surface area (Å²) >= 11 is 0. The topological polar surface area (TPSA) is 53.3 Å². The molecule has 0 atom stereocenters. The van der Waals surface area contributed by atoms with Gasteiger partial charge in [-0.25, -0.2) is 0 Å². The number of ether oxygens (including phenoxy) is 1. The molecule has 0 fully saturated rings. The summed E-state index contributed by atoms with van der Waals surface area (Å²) in [6, 6.07) is 7.86. The zero-order chi connectivity index (χ0) is 13.7. The van der Waals surface area contributed by atoms with Crippen LogP contribution >= 0.6 is 0 Å². The zero-order valence-corrected chi connectivity index (χ0v) is 11.2. The number of nitriles is 1. The third-order valence-electron chi connectivity index (χ3n) is 2.81. The second-order valence-electron chi connectivity index (χ2n) is 4.41. The lowest BCUT2D eigenvalue weighted by Gasteiger charge is -2.28. The number of esters is 1. The molecule has 0 N–H and O–H groups in total. The van der Waals surface area contributed by atoms with Crippen LogP contribution in [0.15, 0.2) is 18.2 Å². The molecular formula is C14H18N2O2. The van der Waals surface area contributed by atoms with Crippen LogP contribution in [0, 0.1) is 18.3 Å². The fourth-order valence-corrected chi connectivity index (χ4v) is 1.73. The van der Waals surface area contributed by atoms with Gasteiger partial charge in [-0.2, -0.15) is 5.26 Å². The third-order valence-corrected chi connectivity index (χ3v) is 2.81. The fourth-order valence-electron chi connectivity index (χ4n) is 1.73. The van der Waals surface area contributed by atoms with Crippen LogP contribution in [0.2, 0.25) is 0 Å². The lowest BCUT2D eigenvalue weighted by Crippen LogP contribution is -2.36. The van der Waals surface area contributed by atoms with Gasteiger partial charge in [0.15, 0.2) is 0 Å². The lowest BCUT2D eigenvalue weighted by molar-refractivity contribution is -0.139. The van der Waals surface area contributed by atoms with E-state index in [1.165, 1.54) is 7.11 Å². The number of benzene rings is 1. The van der Waals surface area contributed by atoms with Crippen molar-refractivity contribution in [1.82, 2.24) is 0 Å². The van der Waals surface area contributed by atoms with E-state index in [1.54, 1.807) is 6.07 Å². The standard InChI is InChI=1S/C14H18N2O2/c1-10(2)16(9-14(17)18-4)13-6-5-12(8-15)11(3)7-13/h5-7,10H,9H2,1-4H3. The van der Waals surface area contributed by atoms with Crippen molar-refractivity contribution in [3.05, 3.63) is 29.3 Å². The summed E-state index contributed by atoms with van der Waals surface area (Å²) in [6.45, 7) is 6.12. The van der Waals surface area contributed by atoms with Crippen molar-refractivity contribution in [1.29, 1.82) is 5.26 Å². The largest absolute Gasteiger partial charge is 0.468 e. The number of rotatable bonds is 4. The molecule has 1 aromatic rings. The van der Waals surface area contributed by atoms with E-state index in [1.807, 2.05) is 37.8 Å². The van der Waals surface area contributed by atoms with E-state index in [0.717, 1.165) is 11.3 Å². The zero-order valence-electron chi connectivity index (χ0n) is 11.2. The van der Waals surface area contributed by atoms with Gasteiger partial charge in [-0.1, -0.05) is 0 Å². The Labute approximate surface area is 108 Å². The first-order valence-electron chi connectivity index (χ1n) is 5.83. The molecule has 0 saturated heterocycles. The first-order valence-corrected chi connectivity index (χ1v) is 5.83. The molecular weight excluding hydrogens is 228 g/mol. The number of carbonyl (C=O) groups is 1. The Balaban J connectivity index is 3.04. The van der Waals surface area contributed by atoms with Crippen LogP contribution in [0.4, 0.5) is 5.69 Å². The molecule has 0 aliphatic carbocycles. The van der Waals surface area contributed by atoms with Gasteiger partial charge >= 0.3 is 5.97 Å². The predicted molar refractivity (Wildman–Crippen MR) is 70.4 cm³/mol. The molecule has 1 aromatic carbocycles. The summed E-state index contributed by atoms with van der Waals surface area (Å²) in [5.74, 6) is -0.272. The molecule has 0 saturated carbocycles. The quantitative estimate of drug-likeness (QED) is 0.765. The van der Waals surface area contributed by atoms with E-state index >= 15 is 0 Å². The van der Waals surface area contributed by atoms with Crippen molar-refractivity contribution >= 4 is 11.7 Å². The maximum atomic E-state index is 11.4. The minimum absolute atomic E-state index is 0.177. The van der Waals surface area contributed by atoms with Crippen LogP contribution < -0.4 is 4.90 Å². The molecule has 0 bridgehead atoms. The van der Waals surface area contributed by atoms with Crippen molar-refractivity contribution in [3.63, 3.8) is 0 Å². The van der Waals surface area contributed by atoms with Crippen LogP contribution in [-0.2, 0) is 9.53 Å². The fraction of sp³-hybridized carbons (Fsp3) is 0.429. The summed E-state index contributed by atoms with van der Waals surface area (Å²) in [5.41, 5.74) is 2.48. The Hall–Kier alpha value is -2.02. The molecule has 0 aliphatic rings. The molecule has 0 aromatic heterocycles. The van der Waals surface area contributed by atoms with Gasteiger partial charge in [-0.05, 0) is 44.5 Å². The lowest BCUT2D eigenvalue weighted by atomic mass is 10.1. The van der Waals surface area contributed by atoms with Crippen LogP contribution in [0.3, 0.4) is 0 Å². The minimum atomic E-state index is -0.272. The average Bonchev–Trinajstić information content (AvgIpc) is 2.35. The second-order valence-corrected chi connectivity index (χ2v) is 4.41. The Morgan fingerprint density at radius 2 is 2.17 bits per heavy atom. The highest BCUT2D eigenvalue weighted by molar-refractivity contribution is 5.76. The smallest absolute Gasteiger partial charge is 0.325 e. The molecule has 4 heteroatoms. The highest BCUT2D eigenvalue weighted by Gasteiger charge is 2.15. The molecule has 4 nitrogen and oxygen atoms in total. The first-order chi connectivity index (χ1) is 8.49. The van der Waals surface area contributed by atoms with E-state index in [9.17, 15) is 4.79 Å². The molecule has 96 valence electrons. The Morgan fingerprint density at radius 3 is 2.61 bits per heavy atom. The monoisotopic (exact) mass is 246 g/mol. The number of anilines is 1. The number of hydrogen-bond donors (Lipinski definition) is 0. The number of aryl methyl sites for hydroxylation is 1. The summed E-state index contributed by atoms with van der Waals surface area (Å²) < 4.78 is 4.69. The number of hydrogen-bond acceptors (Lipinski definition) is 4. The van der Waals surface area contributed by atoms with Gasteiger partial charge in [-0.15, -0.1) is 0 Å². The molecule has 0 radical (unpaired) electrons. The molecule has 0 amide bonds. The van der Waals surface area contributed by atoms with Crippen molar-refractivity contribution < 1.29 is 9.53 Å². The van der Waals surface area contributed by atoms with Crippen LogP contribution in [-0.4, -0.2) is 25.7 Å². The summed E-state index contributed by atoms with van der Waals surface area (Å²) in [6.07, 6.45) is 0. The van der Waals surface area contributed by atoms with Crippen molar-refractivity contribution in [2.75, 3.05) is 18.6 Å². The summed E-state index contributed by atoms with van der Waals surface area (Å²) in [4.78, 5) is 13.3. The molecule has 0 aliphatic heterocycles. The van der Waals surface area contributed by atoms with Gasteiger partial charge in [0, 0.05) is 11.7 Å². The van der Waals surface area contributed by atoms with Gasteiger partial charge in [0.2, 0.25) is 0 Å². The predicted octanol–water partition coefficient (Wildman–Crippen LogP) is 2.25. The van der Waals surface area contributed by atoms with E-state index in [0.29, 0.717) is 5.56 Å². The van der Waals surface area contributed by atoms with E-state index in [4.69, 9.17) is 10.00 Å². The Morgan fingerprint density at radius 1 is 1.50 bits per heavy atom. The average molecular weight is 246 g/mol. The highest BCUT2D eigenvalue weighted by atomic mass is 16.5. The molecule has 0 unspecified atom stereocenters. The number of methoxy groups -OCH3 is 1. The van der Waals surface area contributed by atoms with Gasteiger partial charge < -0.3 is 9.64 Å². The number of carbonyl (C=O) groups excluding carboxylic acids is 1. The number of nitrogens with zero attached hydrogens (tertiary/aromatic N) is 2. The van der Waals surface area contributed by atoms with Crippen molar-refractivity contribution in [2.45, 2.75) is 26.8 Å². The van der Waals surface area contributed by atoms with Gasteiger partial charge in [0.05, 0.1) is 18.7 Å². The van der Waals surface area contributed by atoms with Crippen LogP contribution in [0.1, 0.15) is 25.0 Å². The third kappa shape index (κ3) is 3.24. The SMILES string of the molecule is COC(=O)CN(c1ccc(C#N)c(C)c1)C(C)C. The second kappa shape index (κ2) is 6.06. The maximum absolute atomic E-state index is 11.4. The normalized spacial score (nSPS) is 10.0. The van der Waals surface area contributed by atoms with Crippen LogP contribution in [0.5, 0.6) is 0 Å². The van der Waals surface area contributed by atoms with E-state index < -0.39 is 0 Å². The molecule has 0 spiro atoms. The highest BCUT2D eigenvalue weighted by Crippen LogP contribution is 2.20.